The predicted octanol–water partition coefficient (Wildman–Crippen LogP) is 1.60. The molecule has 0 aliphatic rings. The van der Waals surface area contributed by atoms with Crippen molar-refractivity contribution in [1.82, 2.24) is 0 Å². The third kappa shape index (κ3) is 9.05. The SMILES string of the molecule is CCOC(C[SiH2][SiH2]CC(OCC)(OCC)OCC)(OCC)OCC. The van der Waals surface area contributed by atoms with E-state index < -0.39 is 11.9 Å². The van der Waals surface area contributed by atoms with Gasteiger partial charge >= 0.3 is 0 Å². The fraction of sp³-hybridized carbons (Fsp3) is 1.00. The highest BCUT2D eigenvalue weighted by atomic mass is 29.1. The Morgan fingerprint density at radius 3 is 0.833 bits per heavy atom. The van der Waals surface area contributed by atoms with Gasteiger partial charge in [0.2, 0.25) is 0 Å². The van der Waals surface area contributed by atoms with Gasteiger partial charge in [0.25, 0.3) is 11.9 Å². The minimum absolute atomic E-state index is 0.361. The monoisotopic (exact) mass is 382 g/mol. The summed E-state index contributed by atoms with van der Waals surface area (Å²) in [6, 6.07) is 1.71. The maximum Gasteiger partial charge on any atom is 0.279 e. The fourth-order valence-electron chi connectivity index (χ4n) is 2.69. The molecular weight excluding hydrogens is 344 g/mol. The first-order valence-electron chi connectivity index (χ1n) is 9.41. The molecule has 0 aromatic carbocycles. The van der Waals surface area contributed by atoms with Crippen molar-refractivity contribution in [1.29, 1.82) is 0 Å². The molecule has 0 atom stereocenters. The molecule has 0 N–H and O–H groups in total. The van der Waals surface area contributed by atoms with Crippen molar-refractivity contribution < 1.29 is 28.4 Å². The van der Waals surface area contributed by atoms with Crippen LogP contribution in [-0.4, -0.2) is 69.7 Å². The van der Waals surface area contributed by atoms with E-state index in [0.29, 0.717) is 39.6 Å². The van der Waals surface area contributed by atoms with E-state index in [1.54, 1.807) is 0 Å². The number of ether oxygens (including phenoxy) is 6. The van der Waals surface area contributed by atoms with Crippen LogP contribution < -0.4 is 0 Å². The van der Waals surface area contributed by atoms with Gasteiger partial charge in [-0.2, -0.15) is 0 Å². The average Bonchev–Trinajstić information content (AvgIpc) is 2.53. The molecule has 0 heterocycles. The normalized spacial score (nSPS) is 13.8. The van der Waals surface area contributed by atoms with Crippen molar-refractivity contribution in [2.75, 3.05) is 39.6 Å². The van der Waals surface area contributed by atoms with Crippen molar-refractivity contribution in [2.24, 2.45) is 0 Å². The van der Waals surface area contributed by atoms with Gasteiger partial charge in [-0.25, -0.2) is 0 Å². The standard InChI is InChI=1S/C16H38O6Si2/c1-7-17-15(18-8-2,19-9-3)13-23-24-14-16(20-10-4,21-11-5)22-12-6/h7-14,23-24H2,1-6H3. The van der Waals surface area contributed by atoms with Gasteiger partial charge in [-0.3, -0.25) is 0 Å². The Labute approximate surface area is 152 Å². The molecule has 0 aliphatic carbocycles. The lowest BCUT2D eigenvalue weighted by atomic mass is 10.6. The molecule has 0 radical (unpaired) electrons. The molecule has 0 unspecified atom stereocenters. The lowest BCUT2D eigenvalue weighted by Crippen LogP contribution is -2.43. The lowest BCUT2D eigenvalue weighted by molar-refractivity contribution is -0.366. The smallest absolute Gasteiger partial charge is 0.279 e. The lowest BCUT2D eigenvalue weighted by Gasteiger charge is -2.34. The number of hydrogen-bond acceptors (Lipinski definition) is 6. The van der Waals surface area contributed by atoms with E-state index in [1.165, 1.54) is 0 Å². The largest absolute Gasteiger partial charge is 0.328 e. The highest BCUT2D eigenvalue weighted by Gasteiger charge is 2.35. The van der Waals surface area contributed by atoms with Crippen LogP contribution in [0, 0.1) is 0 Å². The third-order valence-corrected chi connectivity index (χ3v) is 9.45. The molecular formula is C16H38O6Si2. The van der Waals surface area contributed by atoms with Crippen LogP contribution >= 0.6 is 0 Å². The van der Waals surface area contributed by atoms with E-state index in [4.69, 9.17) is 28.4 Å². The Morgan fingerprint density at radius 2 is 0.667 bits per heavy atom. The van der Waals surface area contributed by atoms with Gasteiger partial charge in [-0.05, 0) is 41.5 Å². The molecule has 0 aliphatic heterocycles. The van der Waals surface area contributed by atoms with Crippen molar-refractivity contribution in [2.45, 2.75) is 65.6 Å². The molecule has 8 heteroatoms. The summed E-state index contributed by atoms with van der Waals surface area (Å²) >= 11 is 0. The Kier molecular flexibility index (Phi) is 14.5. The van der Waals surface area contributed by atoms with Crippen LogP contribution in [0.1, 0.15) is 41.5 Å². The highest BCUT2D eigenvalue weighted by molar-refractivity contribution is 7.00. The van der Waals surface area contributed by atoms with E-state index >= 15 is 0 Å². The number of rotatable bonds is 17. The summed E-state index contributed by atoms with van der Waals surface area (Å²) in [5.74, 6) is -1.72. The minimum atomic E-state index is -0.858. The summed E-state index contributed by atoms with van der Waals surface area (Å²) in [5, 5.41) is 0. The summed E-state index contributed by atoms with van der Waals surface area (Å²) in [6.45, 7) is 15.3. The Bertz CT molecular complexity index is 232. The second kappa shape index (κ2) is 14.4. The summed E-state index contributed by atoms with van der Waals surface area (Å²) in [7, 11) is -0.721. The minimum Gasteiger partial charge on any atom is -0.328 e. The van der Waals surface area contributed by atoms with Gasteiger partial charge in [0.1, 0.15) is 0 Å². The summed E-state index contributed by atoms with van der Waals surface area (Å²) < 4.78 is 34.8. The van der Waals surface area contributed by atoms with Crippen LogP contribution in [0.2, 0.25) is 12.1 Å². The first kappa shape index (κ1) is 24.2. The highest BCUT2D eigenvalue weighted by Crippen LogP contribution is 2.23. The molecule has 146 valence electrons. The van der Waals surface area contributed by atoms with Gasteiger partial charge in [0.15, 0.2) is 0 Å². The Hall–Kier alpha value is 0.194. The van der Waals surface area contributed by atoms with E-state index in [0.717, 1.165) is 12.1 Å². The van der Waals surface area contributed by atoms with E-state index in [-0.39, 0.29) is 18.1 Å². The second-order valence-electron chi connectivity index (χ2n) is 5.17. The van der Waals surface area contributed by atoms with Crippen LogP contribution in [0.3, 0.4) is 0 Å². The second-order valence-corrected chi connectivity index (χ2v) is 11.8. The molecule has 0 aromatic rings. The molecule has 0 aromatic heterocycles. The molecule has 0 rings (SSSR count). The Balaban J connectivity index is 4.64. The van der Waals surface area contributed by atoms with Crippen molar-refractivity contribution in [3.63, 3.8) is 0 Å². The maximum absolute atomic E-state index is 5.80. The van der Waals surface area contributed by atoms with Crippen molar-refractivity contribution in [3.8, 4) is 0 Å². The van der Waals surface area contributed by atoms with E-state index in [2.05, 4.69) is 0 Å². The Morgan fingerprint density at radius 1 is 0.458 bits per heavy atom. The zero-order valence-electron chi connectivity index (χ0n) is 16.5. The van der Waals surface area contributed by atoms with Crippen LogP contribution in [0.15, 0.2) is 0 Å². The van der Waals surface area contributed by atoms with Crippen LogP contribution in [-0.2, 0) is 28.4 Å². The van der Waals surface area contributed by atoms with Gasteiger partial charge in [-0.15, -0.1) is 0 Å². The van der Waals surface area contributed by atoms with Gasteiger partial charge < -0.3 is 28.4 Å². The fourth-order valence-corrected chi connectivity index (χ4v) is 9.02. The summed E-state index contributed by atoms with van der Waals surface area (Å²) in [4.78, 5) is 0. The van der Waals surface area contributed by atoms with E-state index in [9.17, 15) is 0 Å². The molecule has 0 fully saturated rings. The van der Waals surface area contributed by atoms with Crippen LogP contribution in [0.4, 0.5) is 0 Å². The van der Waals surface area contributed by atoms with Gasteiger partial charge in [-0.1, -0.05) is 0 Å². The molecule has 6 nitrogen and oxygen atoms in total. The van der Waals surface area contributed by atoms with Gasteiger partial charge in [0, 0.05) is 69.8 Å². The van der Waals surface area contributed by atoms with Gasteiger partial charge in [0.05, 0.1) is 0 Å². The maximum atomic E-state index is 5.80. The summed E-state index contributed by atoms with van der Waals surface area (Å²) in [6.07, 6.45) is 0. The average molecular weight is 383 g/mol. The molecule has 0 spiro atoms. The topological polar surface area (TPSA) is 55.4 Å². The first-order chi connectivity index (χ1) is 11.6. The third-order valence-electron chi connectivity index (χ3n) is 3.40. The molecule has 24 heavy (non-hydrogen) atoms. The zero-order chi connectivity index (χ0) is 18.3. The van der Waals surface area contributed by atoms with Crippen LogP contribution in [0.5, 0.6) is 0 Å². The molecule has 0 amide bonds. The molecule has 0 saturated heterocycles. The summed E-state index contributed by atoms with van der Waals surface area (Å²) in [5.41, 5.74) is 0. The molecule has 0 saturated carbocycles. The number of hydrogen-bond donors (Lipinski definition) is 0. The van der Waals surface area contributed by atoms with Crippen molar-refractivity contribution >= 4 is 18.1 Å². The van der Waals surface area contributed by atoms with Crippen LogP contribution in [0.25, 0.3) is 0 Å². The van der Waals surface area contributed by atoms with E-state index in [1.807, 2.05) is 41.5 Å². The quantitative estimate of drug-likeness (QED) is 0.216. The van der Waals surface area contributed by atoms with Crippen molar-refractivity contribution in [3.05, 3.63) is 0 Å². The predicted molar refractivity (Wildman–Crippen MR) is 102 cm³/mol. The zero-order valence-corrected chi connectivity index (χ0v) is 19.3. The molecule has 0 bridgehead atoms. The first-order valence-corrected chi connectivity index (χ1v) is 15.4.